The SMILES string of the molecule is C=C(C)C(CCC#N)(CCC#N)C(=O)O. The lowest BCUT2D eigenvalue weighted by Gasteiger charge is -2.28. The normalized spacial score (nSPS) is 10.1. The predicted molar refractivity (Wildman–Crippen MR) is 54.6 cm³/mol. The standard InChI is InChI=1S/C11H14N2O2/c1-9(2)11(10(14)15,5-3-7-12)6-4-8-13/h1,3-6H2,2H3,(H,14,15). The van der Waals surface area contributed by atoms with Crippen LogP contribution in [0.1, 0.15) is 32.6 Å². The van der Waals surface area contributed by atoms with Gasteiger partial charge in [0.2, 0.25) is 0 Å². The van der Waals surface area contributed by atoms with Gasteiger partial charge in [-0.05, 0) is 19.8 Å². The molecule has 0 unspecified atom stereocenters. The fraction of sp³-hybridized carbons (Fsp3) is 0.545. The Labute approximate surface area is 89.4 Å². The summed E-state index contributed by atoms with van der Waals surface area (Å²) in [5.41, 5.74) is -0.619. The van der Waals surface area contributed by atoms with E-state index < -0.39 is 11.4 Å². The van der Waals surface area contributed by atoms with Crippen LogP contribution in [-0.4, -0.2) is 11.1 Å². The molecule has 0 saturated heterocycles. The number of rotatable bonds is 6. The van der Waals surface area contributed by atoms with Gasteiger partial charge in [-0.25, -0.2) is 0 Å². The molecule has 0 rings (SSSR count). The molecule has 0 atom stereocenters. The molecule has 15 heavy (non-hydrogen) atoms. The molecule has 0 spiro atoms. The fourth-order valence-corrected chi connectivity index (χ4v) is 1.49. The van der Waals surface area contributed by atoms with E-state index in [0.29, 0.717) is 5.57 Å². The number of carboxylic acid groups (broad SMARTS) is 1. The smallest absolute Gasteiger partial charge is 0.313 e. The molecule has 4 heteroatoms. The van der Waals surface area contributed by atoms with Crippen molar-refractivity contribution in [1.29, 1.82) is 10.5 Å². The van der Waals surface area contributed by atoms with Gasteiger partial charge in [0.25, 0.3) is 0 Å². The van der Waals surface area contributed by atoms with Gasteiger partial charge < -0.3 is 5.11 Å². The molecular formula is C11H14N2O2. The summed E-state index contributed by atoms with van der Waals surface area (Å²) in [6, 6.07) is 3.84. The largest absolute Gasteiger partial charge is 0.481 e. The first-order valence-electron chi connectivity index (χ1n) is 4.64. The van der Waals surface area contributed by atoms with Crippen molar-refractivity contribution in [3.05, 3.63) is 12.2 Å². The van der Waals surface area contributed by atoms with Crippen LogP contribution in [0.3, 0.4) is 0 Å². The number of carboxylic acids is 1. The minimum atomic E-state index is -1.12. The van der Waals surface area contributed by atoms with E-state index in [1.165, 1.54) is 0 Å². The average molecular weight is 206 g/mol. The van der Waals surface area contributed by atoms with Crippen LogP contribution in [-0.2, 0) is 4.79 Å². The van der Waals surface area contributed by atoms with Crippen LogP contribution in [0.2, 0.25) is 0 Å². The Balaban J connectivity index is 4.93. The Morgan fingerprint density at radius 3 is 1.93 bits per heavy atom. The van der Waals surface area contributed by atoms with Crippen molar-refractivity contribution in [3.63, 3.8) is 0 Å². The van der Waals surface area contributed by atoms with Crippen LogP contribution in [0.4, 0.5) is 0 Å². The lowest BCUT2D eigenvalue weighted by molar-refractivity contribution is -0.147. The van der Waals surface area contributed by atoms with Gasteiger partial charge >= 0.3 is 5.97 Å². The second-order valence-electron chi connectivity index (χ2n) is 3.48. The van der Waals surface area contributed by atoms with E-state index in [1.54, 1.807) is 6.92 Å². The zero-order chi connectivity index (χ0) is 11.9. The molecule has 0 aromatic carbocycles. The summed E-state index contributed by atoms with van der Waals surface area (Å²) in [4.78, 5) is 11.2. The molecule has 0 aromatic heterocycles. The summed E-state index contributed by atoms with van der Waals surface area (Å²) in [5, 5.41) is 26.1. The molecule has 0 aliphatic heterocycles. The molecule has 0 heterocycles. The van der Waals surface area contributed by atoms with Crippen molar-refractivity contribution in [3.8, 4) is 12.1 Å². The van der Waals surface area contributed by atoms with Crippen molar-refractivity contribution >= 4 is 5.97 Å². The van der Waals surface area contributed by atoms with Crippen molar-refractivity contribution in [2.45, 2.75) is 32.6 Å². The van der Waals surface area contributed by atoms with Crippen molar-refractivity contribution in [2.75, 3.05) is 0 Å². The van der Waals surface area contributed by atoms with Crippen LogP contribution in [0.25, 0.3) is 0 Å². The summed E-state index contributed by atoms with van der Waals surface area (Å²) in [5.74, 6) is -1.000. The Morgan fingerprint density at radius 2 is 1.73 bits per heavy atom. The zero-order valence-corrected chi connectivity index (χ0v) is 8.79. The summed E-state index contributed by atoms with van der Waals surface area (Å²) < 4.78 is 0. The summed E-state index contributed by atoms with van der Waals surface area (Å²) in [6.45, 7) is 5.28. The third-order valence-electron chi connectivity index (χ3n) is 2.55. The molecule has 0 fully saturated rings. The third kappa shape index (κ3) is 3.11. The number of carbonyl (C=O) groups is 1. The highest BCUT2D eigenvalue weighted by Crippen LogP contribution is 2.36. The Morgan fingerprint density at radius 1 is 1.33 bits per heavy atom. The molecule has 0 radical (unpaired) electrons. The Bertz CT molecular complexity index is 299. The van der Waals surface area contributed by atoms with E-state index in [9.17, 15) is 4.79 Å². The molecule has 0 bridgehead atoms. The van der Waals surface area contributed by atoms with Crippen molar-refractivity contribution in [2.24, 2.45) is 5.41 Å². The van der Waals surface area contributed by atoms with E-state index in [2.05, 4.69) is 6.58 Å². The monoisotopic (exact) mass is 206 g/mol. The van der Waals surface area contributed by atoms with E-state index in [1.807, 2.05) is 12.1 Å². The van der Waals surface area contributed by atoms with Crippen LogP contribution in [0.5, 0.6) is 0 Å². The van der Waals surface area contributed by atoms with E-state index >= 15 is 0 Å². The minimum Gasteiger partial charge on any atom is -0.481 e. The highest BCUT2D eigenvalue weighted by molar-refractivity contribution is 5.78. The van der Waals surface area contributed by atoms with Gasteiger partial charge in [0.1, 0.15) is 0 Å². The van der Waals surface area contributed by atoms with E-state index in [-0.39, 0.29) is 25.7 Å². The lowest BCUT2D eigenvalue weighted by atomic mass is 9.74. The minimum absolute atomic E-state index is 0.157. The topological polar surface area (TPSA) is 84.9 Å². The Hall–Kier alpha value is -1.81. The van der Waals surface area contributed by atoms with Gasteiger partial charge in [-0.2, -0.15) is 10.5 Å². The van der Waals surface area contributed by atoms with Crippen LogP contribution < -0.4 is 0 Å². The Kier molecular flexibility index (Phi) is 5.12. The molecule has 0 amide bonds. The molecule has 80 valence electrons. The van der Waals surface area contributed by atoms with Gasteiger partial charge in [0.15, 0.2) is 0 Å². The maximum atomic E-state index is 11.2. The molecule has 0 saturated carbocycles. The second kappa shape index (κ2) is 5.82. The highest BCUT2D eigenvalue weighted by atomic mass is 16.4. The van der Waals surface area contributed by atoms with Gasteiger partial charge in [0, 0.05) is 12.8 Å². The average Bonchev–Trinajstić information content (AvgIpc) is 2.17. The third-order valence-corrected chi connectivity index (χ3v) is 2.55. The van der Waals surface area contributed by atoms with Gasteiger partial charge in [-0.1, -0.05) is 12.2 Å². The maximum Gasteiger partial charge on any atom is 0.313 e. The highest BCUT2D eigenvalue weighted by Gasteiger charge is 2.38. The van der Waals surface area contributed by atoms with Crippen molar-refractivity contribution in [1.82, 2.24) is 0 Å². The van der Waals surface area contributed by atoms with Gasteiger partial charge in [0.05, 0.1) is 17.6 Å². The maximum absolute atomic E-state index is 11.2. The van der Waals surface area contributed by atoms with Gasteiger partial charge in [-0.15, -0.1) is 0 Å². The molecular weight excluding hydrogens is 192 g/mol. The van der Waals surface area contributed by atoms with Crippen LogP contribution >= 0.6 is 0 Å². The van der Waals surface area contributed by atoms with E-state index in [4.69, 9.17) is 15.6 Å². The van der Waals surface area contributed by atoms with Crippen LogP contribution in [0.15, 0.2) is 12.2 Å². The molecule has 0 aromatic rings. The summed E-state index contributed by atoms with van der Waals surface area (Å²) in [7, 11) is 0. The summed E-state index contributed by atoms with van der Waals surface area (Å²) in [6.07, 6.45) is 0.751. The molecule has 4 nitrogen and oxygen atoms in total. The zero-order valence-electron chi connectivity index (χ0n) is 8.79. The predicted octanol–water partition coefficient (Wildman–Crippen LogP) is 2.24. The number of nitriles is 2. The number of hydrogen-bond acceptors (Lipinski definition) is 3. The molecule has 0 aliphatic carbocycles. The molecule has 0 aliphatic rings. The number of nitrogens with zero attached hydrogens (tertiary/aromatic N) is 2. The number of aliphatic carboxylic acids is 1. The van der Waals surface area contributed by atoms with Crippen LogP contribution in [0, 0.1) is 28.1 Å². The second-order valence-corrected chi connectivity index (χ2v) is 3.48. The van der Waals surface area contributed by atoms with Crippen molar-refractivity contribution < 1.29 is 9.90 Å². The first-order chi connectivity index (χ1) is 7.01. The first-order valence-corrected chi connectivity index (χ1v) is 4.64. The summed E-state index contributed by atoms with van der Waals surface area (Å²) >= 11 is 0. The first kappa shape index (κ1) is 13.2. The molecule has 1 N–H and O–H groups in total. The number of hydrogen-bond donors (Lipinski definition) is 1. The van der Waals surface area contributed by atoms with E-state index in [0.717, 1.165) is 0 Å². The fourth-order valence-electron chi connectivity index (χ4n) is 1.49. The lowest BCUT2D eigenvalue weighted by Crippen LogP contribution is -2.32. The quantitative estimate of drug-likeness (QED) is 0.675. The van der Waals surface area contributed by atoms with Gasteiger partial charge in [-0.3, -0.25) is 4.79 Å².